The molecule has 3 heteroatoms. The number of carbonyl (C=O) groups excluding carboxylic acids is 1. The Hall–Kier alpha value is -2.13. The normalized spacial score (nSPS) is 19.4. The van der Waals surface area contributed by atoms with Crippen LogP contribution in [-0.4, -0.2) is 41.9 Å². The monoisotopic (exact) mass is 390 g/mol. The van der Waals surface area contributed by atoms with Crippen LogP contribution in [0.4, 0.5) is 0 Å². The fraction of sp³-hybridized carbons (Fsp3) is 0.500. The molecule has 1 amide bonds. The van der Waals surface area contributed by atoms with Gasteiger partial charge in [-0.3, -0.25) is 9.69 Å². The van der Waals surface area contributed by atoms with Crippen molar-refractivity contribution in [3.63, 3.8) is 0 Å². The summed E-state index contributed by atoms with van der Waals surface area (Å²) in [5, 5.41) is 0. The van der Waals surface area contributed by atoms with E-state index in [1.165, 1.54) is 42.4 Å². The van der Waals surface area contributed by atoms with Gasteiger partial charge in [0.2, 0.25) is 5.91 Å². The molecule has 2 fully saturated rings. The fourth-order valence-corrected chi connectivity index (χ4v) is 5.01. The maximum atomic E-state index is 12.7. The summed E-state index contributed by atoms with van der Waals surface area (Å²) in [7, 11) is 0. The van der Waals surface area contributed by atoms with Gasteiger partial charge in [0.25, 0.3) is 0 Å². The van der Waals surface area contributed by atoms with E-state index in [-0.39, 0.29) is 6.04 Å². The maximum absolute atomic E-state index is 12.7. The average molecular weight is 391 g/mol. The van der Waals surface area contributed by atoms with E-state index in [9.17, 15) is 4.79 Å². The number of benzene rings is 2. The lowest BCUT2D eigenvalue weighted by Gasteiger charge is -2.40. The number of piperazine rings is 1. The third-order valence-corrected chi connectivity index (χ3v) is 6.78. The molecule has 0 bridgehead atoms. The van der Waals surface area contributed by atoms with Crippen LogP contribution in [0.25, 0.3) is 0 Å². The standard InChI is InChI=1S/C26H34N2O/c1-21-11-14-24(15-12-21)26(23-9-3-2-4-10-23)28-19-17-27(18-20-28)25(29)16-13-22-7-5-6-8-22/h2-4,9-12,14-15,22,26H,5-8,13,16-20H2,1H3/t26-/m1/s1. The molecule has 0 aromatic heterocycles. The Bertz CT molecular complexity index is 772. The second kappa shape index (κ2) is 9.58. The highest BCUT2D eigenvalue weighted by Crippen LogP contribution is 2.31. The first kappa shape index (κ1) is 20.2. The van der Waals surface area contributed by atoms with Gasteiger partial charge in [0.1, 0.15) is 0 Å². The molecule has 2 aromatic rings. The van der Waals surface area contributed by atoms with Crippen molar-refractivity contribution < 1.29 is 4.79 Å². The topological polar surface area (TPSA) is 23.6 Å². The number of carbonyl (C=O) groups is 1. The number of hydrogen-bond donors (Lipinski definition) is 0. The van der Waals surface area contributed by atoms with Gasteiger partial charge in [-0.05, 0) is 30.4 Å². The molecular formula is C26H34N2O. The van der Waals surface area contributed by atoms with Gasteiger partial charge >= 0.3 is 0 Å². The molecular weight excluding hydrogens is 356 g/mol. The van der Waals surface area contributed by atoms with Gasteiger partial charge in [0.15, 0.2) is 0 Å². The molecule has 2 aromatic carbocycles. The largest absolute Gasteiger partial charge is 0.340 e. The third kappa shape index (κ3) is 5.08. The molecule has 1 heterocycles. The molecule has 0 radical (unpaired) electrons. The Morgan fingerprint density at radius 2 is 1.52 bits per heavy atom. The molecule has 1 aliphatic heterocycles. The molecule has 2 aliphatic rings. The molecule has 154 valence electrons. The molecule has 1 saturated carbocycles. The van der Waals surface area contributed by atoms with Crippen LogP contribution in [0.1, 0.15) is 61.3 Å². The SMILES string of the molecule is Cc1ccc([C@@H](c2ccccc2)N2CCN(C(=O)CCC3CCCC3)CC2)cc1. The molecule has 1 aliphatic carbocycles. The first-order chi connectivity index (χ1) is 14.2. The smallest absolute Gasteiger partial charge is 0.222 e. The molecule has 0 unspecified atom stereocenters. The summed E-state index contributed by atoms with van der Waals surface area (Å²) in [5.74, 6) is 1.16. The second-order valence-electron chi connectivity index (χ2n) is 8.83. The van der Waals surface area contributed by atoms with Gasteiger partial charge in [-0.15, -0.1) is 0 Å². The van der Waals surface area contributed by atoms with Crippen molar-refractivity contribution in [3.8, 4) is 0 Å². The summed E-state index contributed by atoms with van der Waals surface area (Å²) in [4.78, 5) is 17.4. The van der Waals surface area contributed by atoms with E-state index in [1.54, 1.807) is 0 Å². The van der Waals surface area contributed by atoms with Crippen molar-refractivity contribution in [1.29, 1.82) is 0 Å². The van der Waals surface area contributed by atoms with E-state index < -0.39 is 0 Å². The fourth-order valence-electron chi connectivity index (χ4n) is 5.01. The van der Waals surface area contributed by atoms with E-state index in [2.05, 4.69) is 71.3 Å². The highest BCUT2D eigenvalue weighted by atomic mass is 16.2. The van der Waals surface area contributed by atoms with Crippen molar-refractivity contribution in [2.24, 2.45) is 5.92 Å². The first-order valence-electron chi connectivity index (χ1n) is 11.3. The molecule has 4 rings (SSSR count). The Morgan fingerprint density at radius 1 is 0.897 bits per heavy atom. The second-order valence-corrected chi connectivity index (χ2v) is 8.83. The lowest BCUT2D eigenvalue weighted by atomic mass is 9.95. The predicted octanol–water partition coefficient (Wildman–Crippen LogP) is 5.20. The summed E-state index contributed by atoms with van der Waals surface area (Å²) >= 11 is 0. The molecule has 0 spiro atoms. The Kier molecular flexibility index (Phi) is 6.66. The molecule has 3 nitrogen and oxygen atoms in total. The lowest BCUT2D eigenvalue weighted by molar-refractivity contribution is -0.133. The number of hydrogen-bond acceptors (Lipinski definition) is 2. The van der Waals surface area contributed by atoms with Crippen LogP contribution < -0.4 is 0 Å². The predicted molar refractivity (Wildman–Crippen MR) is 119 cm³/mol. The average Bonchev–Trinajstić information content (AvgIpc) is 3.29. The van der Waals surface area contributed by atoms with Crippen LogP contribution in [-0.2, 0) is 4.79 Å². The number of aryl methyl sites for hydroxylation is 1. The quantitative estimate of drug-likeness (QED) is 0.677. The van der Waals surface area contributed by atoms with Crippen LogP contribution in [0.5, 0.6) is 0 Å². The van der Waals surface area contributed by atoms with Crippen LogP contribution in [0.3, 0.4) is 0 Å². The highest BCUT2D eigenvalue weighted by molar-refractivity contribution is 5.76. The van der Waals surface area contributed by atoms with Crippen LogP contribution >= 0.6 is 0 Å². The van der Waals surface area contributed by atoms with E-state index >= 15 is 0 Å². The highest BCUT2D eigenvalue weighted by Gasteiger charge is 2.28. The Labute approximate surface area is 175 Å². The van der Waals surface area contributed by atoms with Gasteiger partial charge in [0.05, 0.1) is 6.04 Å². The van der Waals surface area contributed by atoms with Crippen molar-refractivity contribution in [3.05, 3.63) is 71.3 Å². The van der Waals surface area contributed by atoms with Gasteiger partial charge in [-0.25, -0.2) is 0 Å². The van der Waals surface area contributed by atoms with E-state index in [4.69, 9.17) is 0 Å². The minimum atomic E-state index is 0.257. The van der Waals surface area contributed by atoms with Crippen molar-refractivity contribution in [2.75, 3.05) is 26.2 Å². The van der Waals surface area contributed by atoms with Gasteiger partial charge in [-0.1, -0.05) is 85.8 Å². The summed E-state index contributed by atoms with van der Waals surface area (Å²) in [6.45, 7) is 5.69. The minimum absolute atomic E-state index is 0.257. The van der Waals surface area contributed by atoms with Crippen LogP contribution in [0, 0.1) is 12.8 Å². The van der Waals surface area contributed by atoms with Gasteiger partial charge in [-0.2, -0.15) is 0 Å². The minimum Gasteiger partial charge on any atom is -0.340 e. The van der Waals surface area contributed by atoms with Crippen molar-refractivity contribution >= 4 is 5.91 Å². The van der Waals surface area contributed by atoms with Crippen LogP contribution in [0.15, 0.2) is 54.6 Å². The van der Waals surface area contributed by atoms with Gasteiger partial charge in [0, 0.05) is 32.6 Å². The lowest BCUT2D eigenvalue weighted by Crippen LogP contribution is -2.49. The Balaban J connectivity index is 1.40. The number of rotatable bonds is 6. The Morgan fingerprint density at radius 3 is 2.17 bits per heavy atom. The summed E-state index contributed by atoms with van der Waals surface area (Å²) in [5.41, 5.74) is 3.96. The first-order valence-corrected chi connectivity index (χ1v) is 11.3. The number of amides is 1. The zero-order chi connectivity index (χ0) is 20.1. The maximum Gasteiger partial charge on any atom is 0.222 e. The molecule has 29 heavy (non-hydrogen) atoms. The van der Waals surface area contributed by atoms with E-state index in [0.717, 1.165) is 44.9 Å². The number of nitrogens with zero attached hydrogens (tertiary/aromatic N) is 2. The molecule has 0 N–H and O–H groups in total. The van der Waals surface area contributed by atoms with Gasteiger partial charge < -0.3 is 4.90 Å². The van der Waals surface area contributed by atoms with Crippen molar-refractivity contribution in [1.82, 2.24) is 9.80 Å². The molecule has 1 saturated heterocycles. The summed E-state index contributed by atoms with van der Waals surface area (Å²) in [6, 6.07) is 20.0. The van der Waals surface area contributed by atoms with Crippen LogP contribution in [0.2, 0.25) is 0 Å². The summed E-state index contributed by atoms with van der Waals surface area (Å²) in [6.07, 6.45) is 7.21. The molecule has 1 atom stereocenters. The zero-order valence-corrected chi connectivity index (χ0v) is 17.7. The van der Waals surface area contributed by atoms with E-state index in [1.807, 2.05) is 0 Å². The van der Waals surface area contributed by atoms with E-state index in [0.29, 0.717) is 5.91 Å². The van der Waals surface area contributed by atoms with Crippen molar-refractivity contribution in [2.45, 2.75) is 51.5 Å². The zero-order valence-electron chi connectivity index (χ0n) is 17.7. The summed E-state index contributed by atoms with van der Waals surface area (Å²) < 4.78 is 0. The third-order valence-electron chi connectivity index (χ3n) is 6.78.